The van der Waals surface area contributed by atoms with Crippen LogP contribution in [0.15, 0.2) is 54.6 Å². The highest BCUT2D eigenvalue weighted by Crippen LogP contribution is 2.51. The second kappa shape index (κ2) is 21.5. The standard InChI is InChI=1S/C62H81N5O10/c1-58(2,3)40-25-21-33(53(68)69)31(48(40)63)18-16-17-30(44-36(55(72)73)23-27-42(50(44)65)60(7,8)9)38-29-39(57(76)77)46(52(67)47(38)62(13,14)15)35(45-37(56(74)75)24-28-43(51(45)66)61(10,11)12)20-19-32-34(54(70)71)22-26-41(49(32)64)59(4,5)6/h21-30,35H,16-20,63-67H2,1-15H3,(H,68,69)(H,70,71)(H,72,73)(H,74,75)(H,76,77). The fourth-order valence-corrected chi connectivity index (χ4v) is 11.3. The van der Waals surface area contributed by atoms with Crippen molar-refractivity contribution in [3.8, 4) is 0 Å². The van der Waals surface area contributed by atoms with E-state index in [9.17, 15) is 49.5 Å². The zero-order chi connectivity index (χ0) is 58.6. The second-order valence-electron chi connectivity index (χ2n) is 25.6. The predicted molar refractivity (Wildman–Crippen MR) is 308 cm³/mol. The Morgan fingerprint density at radius 1 is 0.377 bits per heavy atom. The second-order valence-corrected chi connectivity index (χ2v) is 25.6. The fourth-order valence-electron chi connectivity index (χ4n) is 11.3. The number of benzene rings is 5. The molecule has 0 saturated heterocycles. The van der Waals surface area contributed by atoms with Gasteiger partial charge in [0.05, 0.1) is 27.8 Å². The fraction of sp³-hybridized carbons (Fsp3) is 0.435. The molecule has 0 amide bonds. The van der Waals surface area contributed by atoms with Crippen molar-refractivity contribution < 1.29 is 49.5 Å². The van der Waals surface area contributed by atoms with Gasteiger partial charge in [-0.3, -0.25) is 0 Å². The Hall–Kier alpha value is -7.55. The topological polar surface area (TPSA) is 317 Å². The van der Waals surface area contributed by atoms with E-state index in [1.54, 1.807) is 24.3 Å². The first-order chi connectivity index (χ1) is 35.2. The number of nitrogens with two attached hydrogens (primary N) is 5. The van der Waals surface area contributed by atoms with Crippen LogP contribution in [-0.4, -0.2) is 55.4 Å². The van der Waals surface area contributed by atoms with Gasteiger partial charge in [0.25, 0.3) is 0 Å². The predicted octanol–water partition coefficient (Wildman–Crippen LogP) is 12.5. The van der Waals surface area contributed by atoms with Crippen molar-refractivity contribution in [2.24, 2.45) is 0 Å². The first-order valence-corrected chi connectivity index (χ1v) is 26.0. The largest absolute Gasteiger partial charge is 0.478 e. The molecule has 15 heteroatoms. The van der Waals surface area contributed by atoms with Crippen LogP contribution in [0.2, 0.25) is 0 Å². The Kier molecular flexibility index (Phi) is 16.8. The van der Waals surface area contributed by atoms with E-state index in [4.69, 9.17) is 28.7 Å². The lowest BCUT2D eigenvalue weighted by atomic mass is 9.69. The summed E-state index contributed by atoms with van der Waals surface area (Å²) in [5.41, 5.74) is 36.7. The Morgan fingerprint density at radius 2 is 0.688 bits per heavy atom. The summed E-state index contributed by atoms with van der Waals surface area (Å²) < 4.78 is 0. The van der Waals surface area contributed by atoms with Gasteiger partial charge in [-0.1, -0.05) is 128 Å². The molecular formula is C62H81N5O10. The van der Waals surface area contributed by atoms with Crippen LogP contribution >= 0.6 is 0 Å². The summed E-state index contributed by atoms with van der Waals surface area (Å²) >= 11 is 0. The normalized spacial score (nSPS) is 13.3. The van der Waals surface area contributed by atoms with Gasteiger partial charge >= 0.3 is 29.8 Å². The molecule has 414 valence electrons. The van der Waals surface area contributed by atoms with Gasteiger partial charge in [0.2, 0.25) is 0 Å². The third kappa shape index (κ3) is 12.2. The van der Waals surface area contributed by atoms with Gasteiger partial charge in [-0.15, -0.1) is 0 Å². The third-order valence-corrected chi connectivity index (χ3v) is 14.9. The SMILES string of the molecule is CC(C)(C)c1ccc(C(=O)O)c(CCCC(c2cc(C(=O)O)c(C(CCc3c(C(=O)O)ccc(C(C)(C)C)c3N)c3c(C(=O)O)ccc(C(C)(C)C)c3N)c(N)c2C(C)(C)C)c2c(C(=O)O)ccc(C(C)(C)C)c2N)c1N. The summed E-state index contributed by atoms with van der Waals surface area (Å²) in [7, 11) is 0. The van der Waals surface area contributed by atoms with Crippen molar-refractivity contribution in [2.75, 3.05) is 28.7 Å². The van der Waals surface area contributed by atoms with Crippen LogP contribution in [0.25, 0.3) is 0 Å². The van der Waals surface area contributed by atoms with Gasteiger partial charge in [0.1, 0.15) is 0 Å². The lowest BCUT2D eigenvalue weighted by molar-refractivity contribution is 0.0683. The molecule has 0 bridgehead atoms. The van der Waals surface area contributed by atoms with Crippen LogP contribution < -0.4 is 28.7 Å². The zero-order valence-corrected chi connectivity index (χ0v) is 47.6. The molecule has 0 aliphatic rings. The van der Waals surface area contributed by atoms with Crippen LogP contribution in [0.5, 0.6) is 0 Å². The number of nitrogen functional groups attached to an aromatic ring is 5. The van der Waals surface area contributed by atoms with Crippen molar-refractivity contribution >= 4 is 58.3 Å². The van der Waals surface area contributed by atoms with Crippen molar-refractivity contribution in [1.82, 2.24) is 0 Å². The van der Waals surface area contributed by atoms with Crippen molar-refractivity contribution in [3.05, 3.63) is 144 Å². The van der Waals surface area contributed by atoms with Crippen LogP contribution in [0.4, 0.5) is 28.4 Å². The van der Waals surface area contributed by atoms with E-state index in [0.717, 1.165) is 5.56 Å². The summed E-state index contributed by atoms with van der Waals surface area (Å²) in [4.78, 5) is 67.0. The molecule has 0 aromatic heterocycles. The van der Waals surface area contributed by atoms with Crippen LogP contribution in [0, 0.1) is 0 Å². The van der Waals surface area contributed by atoms with E-state index in [1.165, 1.54) is 30.3 Å². The molecule has 15 nitrogen and oxygen atoms in total. The average Bonchev–Trinajstić information content (AvgIpc) is 3.26. The van der Waals surface area contributed by atoms with Crippen molar-refractivity contribution in [2.45, 2.75) is 175 Å². The highest BCUT2D eigenvalue weighted by molar-refractivity contribution is 5.97. The highest BCUT2D eigenvalue weighted by Gasteiger charge is 2.39. The number of anilines is 5. The van der Waals surface area contributed by atoms with Gasteiger partial charge in [0.15, 0.2) is 0 Å². The van der Waals surface area contributed by atoms with Gasteiger partial charge in [-0.05, 0) is 151 Å². The Bertz CT molecular complexity index is 3190. The van der Waals surface area contributed by atoms with Crippen LogP contribution in [-0.2, 0) is 39.9 Å². The van der Waals surface area contributed by atoms with E-state index in [1.807, 2.05) is 104 Å². The minimum Gasteiger partial charge on any atom is -0.478 e. The number of carboxylic acid groups (broad SMARTS) is 5. The van der Waals surface area contributed by atoms with Gasteiger partial charge in [-0.25, -0.2) is 24.0 Å². The maximum absolute atomic E-state index is 14.3. The van der Waals surface area contributed by atoms with E-state index in [-0.39, 0.29) is 105 Å². The summed E-state index contributed by atoms with van der Waals surface area (Å²) in [5.74, 6) is -8.77. The number of rotatable bonds is 16. The summed E-state index contributed by atoms with van der Waals surface area (Å²) in [5, 5.41) is 54.6. The van der Waals surface area contributed by atoms with Crippen LogP contribution in [0.3, 0.4) is 0 Å². The van der Waals surface area contributed by atoms with E-state index >= 15 is 0 Å². The summed E-state index contributed by atoms with van der Waals surface area (Å²) in [6.07, 6.45) is 0.199. The summed E-state index contributed by atoms with van der Waals surface area (Å²) in [6.45, 7) is 28.9. The van der Waals surface area contributed by atoms with E-state index in [0.29, 0.717) is 39.1 Å². The minimum atomic E-state index is -1.45. The number of hydrogen-bond donors (Lipinski definition) is 10. The molecule has 2 atom stereocenters. The van der Waals surface area contributed by atoms with E-state index in [2.05, 4.69) is 0 Å². The maximum Gasteiger partial charge on any atom is 0.336 e. The molecule has 77 heavy (non-hydrogen) atoms. The Morgan fingerprint density at radius 3 is 1.03 bits per heavy atom. The molecule has 0 spiro atoms. The average molecular weight is 1060 g/mol. The first-order valence-electron chi connectivity index (χ1n) is 26.0. The number of aromatic carboxylic acids is 5. The molecule has 0 fully saturated rings. The zero-order valence-electron chi connectivity index (χ0n) is 47.6. The van der Waals surface area contributed by atoms with Crippen LogP contribution in [0.1, 0.15) is 248 Å². The molecule has 5 rings (SSSR count). The number of carboxylic acids is 5. The first kappa shape index (κ1) is 60.3. The quantitative estimate of drug-likeness (QED) is 0.0411. The monoisotopic (exact) mass is 1060 g/mol. The third-order valence-electron chi connectivity index (χ3n) is 14.9. The molecule has 0 saturated carbocycles. The van der Waals surface area contributed by atoms with E-state index < -0.39 is 68.8 Å². The minimum absolute atomic E-state index is 0.00796. The smallest absolute Gasteiger partial charge is 0.336 e. The molecule has 15 N–H and O–H groups in total. The lowest BCUT2D eigenvalue weighted by Gasteiger charge is -2.36. The van der Waals surface area contributed by atoms with Gasteiger partial charge < -0.3 is 54.2 Å². The van der Waals surface area contributed by atoms with Gasteiger partial charge in [-0.2, -0.15) is 0 Å². The molecule has 0 aliphatic heterocycles. The molecule has 5 aromatic rings. The van der Waals surface area contributed by atoms with Crippen molar-refractivity contribution in [3.63, 3.8) is 0 Å². The molecule has 0 heterocycles. The molecule has 0 radical (unpaired) electrons. The number of carbonyl (C=O) groups is 5. The lowest BCUT2D eigenvalue weighted by Crippen LogP contribution is -2.27. The maximum atomic E-state index is 14.3. The van der Waals surface area contributed by atoms with Gasteiger partial charge in [0, 0.05) is 40.3 Å². The molecule has 5 aromatic carbocycles. The molecule has 2 unspecified atom stereocenters. The van der Waals surface area contributed by atoms with Crippen molar-refractivity contribution in [1.29, 1.82) is 0 Å². The molecular weight excluding hydrogens is 975 g/mol. The Balaban J connectivity index is 2.00. The number of hydrogen-bond acceptors (Lipinski definition) is 10. The summed E-state index contributed by atoms with van der Waals surface area (Å²) in [6, 6.07) is 14.1. The molecule has 0 aliphatic carbocycles. The Labute approximate surface area is 453 Å². The highest BCUT2D eigenvalue weighted by atomic mass is 16.4.